The Kier molecular flexibility index (Phi) is 6.62. The van der Waals surface area contributed by atoms with Gasteiger partial charge in [0, 0.05) is 33.4 Å². The van der Waals surface area contributed by atoms with Crippen LogP contribution in [0.1, 0.15) is 41.5 Å². The fraction of sp³-hybridized carbons (Fsp3) is 0.0714. The van der Waals surface area contributed by atoms with Crippen LogP contribution in [0.25, 0.3) is 55.3 Å². The molecule has 0 amide bonds. The number of aromatic nitrogens is 1. The summed E-state index contributed by atoms with van der Waals surface area (Å²) in [5.41, 5.74) is 14.5. The number of furan rings is 1. The molecule has 9 rings (SSSR count). The maximum absolute atomic E-state index is 6.58. The van der Waals surface area contributed by atoms with Gasteiger partial charge in [-0.25, -0.2) is 4.99 Å². The van der Waals surface area contributed by atoms with Crippen molar-refractivity contribution in [3.05, 3.63) is 162 Å². The molecule has 0 bridgehead atoms. The van der Waals surface area contributed by atoms with Gasteiger partial charge in [0.2, 0.25) is 0 Å². The van der Waals surface area contributed by atoms with Gasteiger partial charge >= 0.3 is 0 Å². The largest absolute Gasteiger partial charge is 0.440 e. The summed E-state index contributed by atoms with van der Waals surface area (Å²) in [6, 6.07) is 46.8. The van der Waals surface area contributed by atoms with Gasteiger partial charge in [0.15, 0.2) is 5.88 Å². The minimum absolute atomic E-state index is 0.198. The molecule has 1 aliphatic rings. The van der Waals surface area contributed by atoms with E-state index in [0.29, 0.717) is 11.5 Å². The molecule has 0 fully saturated rings. The molecule has 2 aromatic heterocycles. The Morgan fingerprint density at radius 3 is 2.17 bits per heavy atom. The highest BCUT2D eigenvalue weighted by Crippen LogP contribution is 2.39. The minimum atomic E-state index is -0.308. The van der Waals surface area contributed by atoms with E-state index in [1.165, 1.54) is 21.5 Å². The van der Waals surface area contributed by atoms with Crippen molar-refractivity contribution in [2.24, 2.45) is 4.99 Å². The molecule has 0 radical (unpaired) electrons. The van der Waals surface area contributed by atoms with Gasteiger partial charge in [-0.1, -0.05) is 115 Å². The van der Waals surface area contributed by atoms with E-state index in [1.807, 2.05) is 25.1 Å². The second kappa shape index (κ2) is 11.3. The maximum Gasteiger partial charge on any atom is 0.198 e. The molecule has 6 aromatic carbocycles. The van der Waals surface area contributed by atoms with Crippen LogP contribution in [0, 0.1) is 0 Å². The molecule has 2 atom stereocenters. The van der Waals surface area contributed by atoms with Gasteiger partial charge < -0.3 is 20.0 Å². The van der Waals surface area contributed by atoms with Gasteiger partial charge in [0.25, 0.3) is 0 Å². The number of nitrogens with one attached hydrogen (secondary N) is 2. The van der Waals surface area contributed by atoms with Crippen molar-refractivity contribution < 1.29 is 4.42 Å². The molecule has 6 heteroatoms. The first-order valence-electron chi connectivity index (χ1n) is 16.3. The van der Waals surface area contributed by atoms with E-state index in [0.717, 1.165) is 50.2 Å². The number of para-hydroxylation sites is 2. The Morgan fingerprint density at radius 1 is 0.729 bits per heavy atom. The van der Waals surface area contributed by atoms with Crippen molar-refractivity contribution in [1.29, 1.82) is 0 Å². The van der Waals surface area contributed by atoms with Crippen molar-refractivity contribution in [2.45, 2.75) is 19.3 Å². The van der Waals surface area contributed by atoms with E-state index in [-0.39, 0.29) is 12.3 Å². The Bertz CT molecular complexity index is 2500. The summed E-state index contributed by atoms with van der Waals surface area (Å²) in [7, 11) is 0. The zero-order valence-corrected chi connectivity index (χ0v) is 26.4. The summed E-state index contributed by atoms with van der Waals surface area (Å²) in [6.07, 6.45) is 3.50. The van der Waals surface area contributed by atoms with Crippen molar-refractivity contribution in [2.75, 3.05) is 5.73 Å². The molecule has 0 aliphatic carbocycles. The normalized spacial score (nSPS) is 16.6. The van der Waals surface area contributed by atoms with Gasteiger partial charge in [-0.05, 0) is 53.1 Å². The van der Waals surface area contributed by atoms with Crippen LogP contribution >= 0.6 is 0 Å². The van der Waals surface area contributed by atoms with Gasteiger partial charge in [-0.2, -0.15) is 0 Å². The quantitative estimate of drug-likeness (QED) is 0.178. The SMILES string of the molecule is C/C=C\c1c(N)oc2cc(-n3c4ccccc4c4ccccc43)cc(C3=NC(c4ccc5ccccc5c4)NC(c4ccccc4)N3)c12. The Balaban J connectivity index is 1.31. The second-order valence-corrected chi connectivity index (χ2v) is 12.3. The number of hydrogen-bond donors (Lipinski definition) is 3. The van der Waals surface area contributed by atoms with Crippen LogP contribution in [0.3, 0.4) is 0 Å². The van der Waals surface area contributed by atoms with E-state index in [1.54, 1.807) is 0 Å². The molecule has 6 nitrogen and oxygen atoms in total. The molecule has 232 valence electrons. The van der Waals surface area contributed by atoms with Crippen molar-refractivity contribution >= 4 is 61.3 Å². The number of anilines is 1. The fourth-order valence-electron chi connectivity index (χ4n) is 7.17. The first kappa shape index (κ1) is 28.1. The highest BCUT2D eigenvalue weighted by atomic mass is 16.3. The number of allylic oxidation sites excluding steroid dienone is 1. The van der Waals surface area contributed by atoms with Gasteiger partial charge in [-0.15, -0.1) is 0 Å². The van der Waals surface area contributed by atoms with Crippen LogP contribution in [-0.4, -0.2) is 10.4 Å². The number of hydrogen-bond acceptors (Lipinski definition) is 5. The molecule has 3 heterocycles. The summed E-state index contributed by atoms with van der Waals surface area (Å²) < 4.78 is 8.64. The third-order valence-corrected chi connectivity index (χ3v) is 9.35. The zero-order valence-electron chi connectivity index (χ0n) is 26.4. The predicted octanol–water partition coefficient (Wildman–Crippen LogP) is 9.64. The Hall–Kier alpha value is -6.11. The minimum Gasteiger partial charge on any atom is -0.440 e. The van der Waals surface area contributed by atoms with E-state index >= 15 is 0 Å². The van der Waals surface area contributed by atoms with Crippen molar-refractivity contribution in [3.63, 3.8) is 0 Å². The number of nitrogen functional groups attached to an aromatic ring is 1. The van der Waals surface area contributed by atoms with Gasteiger partial charge in [-0.3, -0.25) is 5.32 Å². The number of benzene rings is 6. The summed E-state index contributed by atoms with van der Waals surface area (Å²) in [5, 5.41) is 13.2. The number of rotatable bonds is 5. The lowest BCUT2D eigenvalue weighted by atomic mass is 10.0. The van der Waals surface area contributed by atoms with Crippen LogP contribution < -0.4 is 16.4 Å². The standard InChI is InChI=1S/C42H33N5O/c1-2-12-33-38-34(24-30(25-37(38)48-39(33)43)47-35-19-10-8-17-31(35)32-18-9-11-20-36(32)47)42-45-40(27-14-4-3-5-15-27)44-41(46-42)29-22-21-26-13-6-7-16-28(26)23-29/h2-25,40-41,44H,43H2,1H3,(H,45,46)/b12-2-. The lowest BCUT2D eigenvalue weighted by Crippen LogP contribution is -2.45. The van der Waals surface area contributed by atoms with E-state index < -0.39 is 0 Å². The van der Waals surface area contributed by atoms with E-state index in [9.17, 15) is 0 Å². The second-order valence-electron chi connectivity index (χ2n) is 12.3. The zero-order chi connectivity index (χ0) is 32.2. The first-order chi connectivity index (χ1) is 23.7. The lowest BCUT2D eigenvalue weighted by Gasteiger charge is -2.32. The van der Waals surface area contributed by atoms with Crippen LogP contribution in [0.5, 0.6) is 0 Å². The Morgan fingerprint density at radius 2 is 1.42 bits per heavy atom. The number of nitrogens with two attached hydrogens (primary N) is 1. The molecule has 0 saturated carbocycles. The van der Waals surface area contributed by atoms with Crippen LogP contribution in [0.15, 0.2) is 149 Å². The Labute approximate surface area is 277 Å². The summed E-state index contributed by atoms with van der Waals surface area (Å²) in [4.78, 5) is 5.39. The summed E-state index contributed by atoms with van der Waals surface area (Å²) in [5.74, 6) is 1.14. The molecule has 4 N–H and O–H groups in total. The number of fused-ring (bicyclic) bond motifs is 5. The predicted molar refractivity (Wildman–Crippen MR) is 198 cm³/mol. The average molecular weight is 624 g/mol. The number of amidine groups is 1. The fourth-order valence-corrected chi connectivity index (χ4v) is 7.17. The summed E-state index contributed by atoms with van der Waals surface area (Å²) >= 11 is 0. The molecular weight excluding hydrogens is 590 g/mol. The first-order valence-corrected chi connectivity index (χ1v) is 16.3. The average Bonchev–Trinajstić information content (AvgIpc) is 3.65. The molecule has 1 aliphatic heterocycles. The third kappa shape index (κ3) is 4.57. The van der Waals surface area contributed by atoms with E-state index in [4.69, 9.17) is 15.1 Å². The highest BCUT2D eigenvalue weighted by molar-refractivity contribution is 6.14. The van der Waals surface area contributed by atoms with Crippen LogP contribution in [-0.2, 0) is 0 Å². The molecule has 48 heavy (non-hydrogen) atoms. The number of nitrogens with zero attached hydrogens (tertiary/aromatic N) is 2. The lowest BCUT2D eigenvalue weighted by molar-refractivity contribution is 0.409. The highest BCUT2D eigenvalue weighted by Gasteiger charge is 2.29. The third-order valence-electron chi connectivity index (χ3n) is 9.35. The van der Waals surface area contributed by atoms with Gasteiger partial charge in [0.1, 0.15) is 23.8 Å². The van der Waals surface area contributed by atoms with Crippen LogP contribution in [0.2, 0.25) is 0 Å². The van der Waals surface area contributed by atoms with Crippen molar-refractivity contribution in [3.8, 4) is 5.69 Å². The van der Waals surface area contributed by atoms with Gasteiger partial charge in [0.05, 0.1) is 16.7 Å². The van der Waals surface area contributed by atoms with Crippen molar-refractivity contribution in [1.82, 2.24) is 15.2 Å². The number of aliphatic imine (C=N–C) groups is 1. The van der Waals surface area contributed by atoms with Crippen LogP contribution in [0.4, 0.5) is 5.88 Å². The molecule has 0 spiro atoms. The molecule has 2 unspecified atom stereocenters. The summed E-state index contributed by atoms with van der Waals surface area (Å²) in [6.45, 7) is 1.99. The molecule has 8 aromatic rings. The van der Waals surface area contributed by atoms with E-state index in [2.05, 4.69) is 143 Å². The monoisotopic (exact) mass is 623 g/mol. The molecular formula is C42H33N5O. The molecule has 0 saturated heterocycles. The smallest absolute Gasteiger partial charge is 0.198 e. The maximum atomic E-state index is 6.58. The topological polar surface area (TPSA) is 80.5 Å².